The van der Waals surface area contributed by atoms with E-state index < -0.39 is 29.1 Å². The SMILES string of the molecule is COc1ccc(-c2ccc(=O)n(C(C)C(=O)Nc3ccc(F)cc3F)n2)cc1. The van der Waals surface area contributed by atoms with Crippen LogP contribution in [0.1, 0.15) is 13.0 Å². The number of aromatic nitrogens is 2. The summed E-state index contributed by atoms with van der Waals surface area (Å²) in [6.45, 7) is 1.46. The number of halogens is 2. The van der Waals surface area contributed by atoms with Crippen molar-refractivity contribution in [3.8, 4) is 17.0 Å². The van der Waals surface area contributed by atoms with Gasteiger partial charge in [-0.25, -0.2) is 13.5 Å². The molecule has 144 valence electrons. The Morgan fingerprint density at radius 2 is 1.82 bits per heavy atom. The van der Waals surface area contributed by atoms with Crippen molar-refractivity contribution in [3.63, 3.8) is 0 Å². The predicted molar refractivity (Wildman–Crippen MR) is 100 cm³/mol. The van der Waals surface area contributed by atoms with Crippen molar-refractivity contribution in [3.05, 3.63) is 76.6 Å². The second-order valence-electron chi connectivity index (χ2n) is 6.02. The highest BCUT2D eigenvalue weighted by atomic mass is 19.1. The quantitative estimate of drug-likeness (QED) is 0.731. The minimum Gasteiger partial charge on any atom is -0.497 e. The van der Waals surface area contributed by atoms with Gasteiger partial charge in [-0.1, -0.05) is 0 Å². The molecule has 6 nitrogen and oxygen atoms in total. The van der Waals surface area contributed by atoms with Crippen molar-refractivity contribution in [1.29, 1.82) is 0 Å². The number of ether oxygens (including phenoxy) is 1. The van der Waals surface area contributed by atoms with E-state index in [-0.39, 0.29) is 5.69 Å². The molecule has 0 aliphatic carbocycles. The van der Waals surface area contributed by atoms with E-state index in [0.29, 0.717) is 17.5 Å². The lowest BCUT2D eigenvalue weighted by molar-refractivity contribution is -0.119. The van der Waals surface area contributed by atoms with E-state index in [1.165, 1.54) is 13.0 Å². The molecule has 8 heteroatoms. The molecule has 2 aromatic carbocycles. The van der Waals surface area contributed by atoms with Gasteiger partial charge in [-0.05, 0) is 49.4 Å². The minimum atomic E-state index is -1.02. The molecule has 0 spiro atoms. The first-order valence-corrected chi connectivity index (χ1v) is 8.39. The Kier molecular flexibility index (Phi) is 5.49. The topological polar surface area (TPSA) is 73.2 Å². The highest BCUT2D eigenvalue weighted by molar-refractivity contribution is 5.93. The molecular formula is C20H17F2N3O3. The smallest absolute Gasteiger partial charge is 0.267 e. The molecule has 3 rings (SSSR count). The largest absolute Gasteiger partial charge is 0.497 e. The lowest BCUT2D eigenvalue weighted by Crippen LogP contribution is -2.33. The maximum absolute atomic E-state index is 13.8. The van der Waals surface area contributed by atoms with Crippen molar-refractivity contribution in [2.24, 2.45) is 0 Å². The van der Waals surface area contributed by atoms with Gasteiger partial charge in [-0.3, -0.25) is 9.59 Å². The Morgan fingerprint density at radius 3 is 2.46 bits per heavy atom. The number of hydrogen-bond acceptors (Lipinski definition) is 4. The highest BCUT2D eigenvalue weighted by Crippen LogP contribution is 2.21. The van der Waals surface area contributed by atoms with Gasteiger partial charge in [0.05, 0.1) is 18.5 Å². The van der Waals surface area contributed by atoms with Gasteiger partial charge < -0.3 is 10.1 Å². The van der Waals surface area contributed by atoms with Gasteiger partial charge in [0.25, 0.3) is 5.56 Å². The number of carbonyl (C=O) groups excluding carboxylic acids is 1. The lowest BCUT2D eigenvalue weighted by Gasteiger charge is -2.15. The van der Waals surface area contributed by atoms with Gasteiger partial charge in [0.1, 0.15) is 23.4 Å². The number of benzene rings is 2. The van der Waals surface area contributed by atoms with Gasteiger partial charge in [-0.15, -0.1) is 0 Å². The first-order valence-electron chi connectivity index (χ1n) is 8.39. The van der Waals surface area contributed by atoms with Crippen molar-refractivity contribution in [1.82, 2.24) is 9.78 Å². The first-order chi connectivity index (χ1) is 13.4. The van der Waals surface area contributed by atoms with Crippen LogP contribution in [0.5, 0.6) is 5.75 Å². The van der Waals surface area contributed by atoms with E-state index in [4.69, 9.17) is 4.74 Å². The third kappa shape index (κ3) is 4.06. The molecule has 0 fully saturated rings. The maximum atomic E-state index is 13.8. The number of rotatable bonds is 5. The molecular weight excluding hydrogens is 368 g/mol. The number of amides is 1. The Hall–Kier alpha value is -3.55. The number of carbonyl (C=O) groups is 1. The summed E-state index contributed by atoms with van der Waals surface area (Å²) >= 11 is 0. The summed E-state index contributed by atoms with van der Waals surface area (Å²) in [4.78, 5) is 24.6. The second kappa shape index (κ2) is 7.99. The van der Waals surface area contributed by atoms with Crippen LogP contribution in [0.3, 0.4) is 0 Å². The van der Waals surface area contributed by atoms with Crippen LogP contribution < -0.4 is 15.6 Å². The summed E-state index contributed by atoms with van der Waals surface area (Å²) in [5.41, 5.74) is 0.540. The highest BCUT2D eigenvalue weighted by Gasteiger charge is 2.19. The van der Waals surface area contributed by atoms with Crippen LogP contribution >= 0.6 is 0 Å². The van der Waals surface area contributed by atoms with Crippen molar-refractivity contribution >= 4 is 11.6 Å². The number of methoxy groups -OCH3 is 1. The zero-order chi connectivity index (χ0) is 20.3. The summed E-state index contributed by atoms with van der Waals surface area (Å²) < 4.78 is 32.9. The molecule has 0 radical (unpaired) electrons. The zero-order valence-electron chi connectivity index (χ0n) is 15.1. The fourth-order valence-electron chi connectivity index (χ4n) is 2.56. The molecule has 28 heavy (non-hydrogen) atoms. The summed E-state index contributed by atoms with van der Waals surface area (Å²) in [6, 6.07) is 11.7. The molecule has 1 atom stereocenters. The third-order valence-corrected chi connectivity index (χ3v) is 4.15. The van der Waals surface area contributed by atoms with Gasteiger partial charge >= 0.3 is 0 Å². The average molecular weight is 385 g/mol. The Balaban J connectivity index is 1.86. The molecule has 1 N–H and O–H groups in total. The maximum Gasteiger partial charge on any atom is 0.267 e. The van der Waals surface area contributed by atoms with E-state index in [0.717, 1.165) is 22.4 Å². The lowest BCUT2D eigenvalue weighted by atomic mass is 10.1. The molecule has 3 aromatic rings. The van der Waals surface area contributed by atoms with Gasteiger partial charge in [0, 0.05) is 17.7 Å². The Bertz CT molecular complexity index is 1070. The molecule has 0 aliphatic heterocycles. The van der Waals surface area contributed by atoms with E-state index in [1.807, 2.05) is 0 Å². The molecule has 1 aromatic heterocycles. The van der Waals surface area contributed by atoms with E-state index in [2.05, 4.69) is 10.4 Å². The van der Waals surface area contributed by atoms with Crippen molar-refractivity contribution < 1.29 is 18.3 Å². The predicted octanol–water partition coefficient (Wildman–Crippen LogP) is 3.40. The van der Waals surface area contributed by atoms with Crippen LogP contribution in [-0.2, 0) is 4.79 Å². The van der Waals surface area contributed by atoms with Crippen LogP contribution in [0, 0.1) is 11.6 Å². The van der Waals surface area contributed by atoms with Crippen LogP contribution in [0.25, 0.3) is 11.3 Å². The van der Waals surface area contributed by atoms with Crippen LogP contribution in [0.4, 0.5) is 14.5 Å². The summed E-state index contributed by atoms with van der Waals surface area (Å²) in [5.74, 6) is -1.65. The third-order valence-electron chi connectivity index (χ3n) is 4.15. The Morgan fingerprint density at radius 1 is 1.11 bits per heavy atom. The molecule has 0 saturated carbocycles. The number of nitrogens with zero attached hydrogens (tertiary/aromatic N) is 2. The molecule has 0 aliphatic rings. The van der Waals surface area contributed by atoms with Crippen LogP contribution in [0.15, 0.2) is 59.4 Å². The summed E-state index contributed by atoms with van der Waals surface area (Å²) in [7, 11) is 1.55. The van der Waals surface area contributed by atoms with Crippen molar-refractivity contribution in [2.75, 3.05) is 12.4 Å². The molecule has 1 heterocycles. The van der Waals surface area contributed by atoms with Gasteiger partial charge in [0.15, 0.2) is 0 Å². The molecule has 1 amide bonds. The zero-order valence-corrected chi connectivity index (χ0v) is 15.1. The summed E-state index contributed by atoms with van der Waals surface area (Å²) in [6.07, 6.45) is 0. The van der Waals surface area contributed by atoms with E-state index >= 15 is 0 Å². The van der Waals surface area contributed by atoms with Crippen LogP contribution in [0.2, 0.25) is 0 Å². The van der Waals surface area contributed by atoms with Crippen LogP contribution in [-0.4, -0.2) is 22.8 Å². The molecule has 0 bridgehead atoms. The average Bonchev–Trinajstić information content (AvgIpc) is 2.70. The minimum absolute atomic E-state index is 0.183. The van der Waals surface area contributed by atoms with E-state index in [9.17, 15) is 18.4 Å². The monoisotopic (exact) mass is 385 g/mol. The van der Waals surface area contributed by atoms with E-state index in [1.54, 1.807) is 37.4 Å². The number of nitrogens with one attached hydrogen (secondary N) is 1. The van der Waals surface area contributed by atoms with Gasteiger partial charge in [0.2, 0.25) is 5.91 Å². The summed E-state index contributed by atoms with van der Waals surface area (Å²) in [5, 5.41) is 6.59. The first kappa shape index (κ1) is 19.2. The number of anilines is 1. The Labute approximate surface area is 159 Å². The second-order valence-corrected chi connectivity index (χ2v) is 6.02. The molecule has 1 unspecified atom stereocenters. The molecule has 0 saturated heterocycles. The normalized spacial score (nSPS) is 11.7. The van der Waals surface area contributed by atoms with Crippen molar-refractivity contribution in [2.45, 2.75) is 13.0 Å². The van der Waals surface area contributed by atoms with Gasteiger partial charge in [-0.2, -0.15) is 5.10 Å². The fourth-order valence-corrected chi connectivity index (χ4v) is 2.56. The fraction of sp³-hybridized carbons (Fsp3) is 0.150. The standard InChI is InChI=1S/C20H17F2N3O3/c1-12(20(27)23-18-8-5-14(21)11-16(18)22)25-19(26)10-9-17(24-25)13-3-6-15(28-2)7-4-13/h3-12H,1-2H3,(H,23,27). The number of hydrogen-bond donors (Lipinski definition) is 1.